The summed E-state index contributed by atoms with van der Waals surface area (Å²) in [4.78, 5) is 40.8. The summed E-state index contributed by atoms with van der Waals surface area (Å²) in [7, 11) is 0. The molecule has 0 bridgehead atoms. The number of benzene rings is 2. The van der Waals surface area contributed by atoms with Crippen LogP contribution in [0.25, 0.3) is 11.3 Å². The number of phenols is 1. The van der Waals surface area contributed by atoms with Crippen LogP contribution in [0.5, 0.6) is 5.75 Å². The monoisotopic (exact) mass is 529 g/mol. The van der Waals surface area contributed by atoms with Gasteiger partial charge in [-0.3, -0.25) is 19.5 Å². The lowest BCUT2D eigenvalue weighted by Gasteiger charge is -2.35. The van der Waals surface area contributed by atoms with E-state index in [9.17, 15) is 23.9 Å². The van der Waals surface area contributed by atoms with Crippen molar-refractivity contribution >= 4 is 33.7 Å². The van der Waals surface area contributed by atoms with E-state index in [0.717, 1.165) is 0 Å². The normalized spacial score (nSPS) is 13.6. The number of aromatic nitrogens is 2. The molecule has 1 aromatic heterocycles. The minimum atomic E-state index is -0.531. The summed E-state index contributed by atoms with van der Waals surface area (Å²) >= 11 is 3.27. The van der Waals surface area contributed by atoms with Crippen LogP contribution in [0.1, 0.15) is 20.8 Å². The molecule has 1 aliphatic rings. The lowest BCUT2D eigenvalue weighted by molar-refractivity contribution is -0.131. The molecule has 0 saturated carbocycles. The largest absolute Gasteiger partial charge is 0.507 e. The van der Waals surface area contributed by atoms with Crippen molar-refractivity contribution in [2.75, 3.05) is 32.7 Å². The molecule has 34 heavy (non-hydrogen) atoms. The Hall–Kier alpha value is -3.73. The average molecular weight is 530 g/mol. The fraction of sp³-hybridized carbons (Fsp3) is 0.217. The van der Waals surface area contributed by atoms with Gasteiger partial charge in [0.2, 0.25) is 5.91 Å². The molecule has 176 valence electrons. The first-order valence-corrected chi connectivity index (χ1v) is 11.3. The Morgan fingerprint density at radius 3 is 2.50 bits per heavy atom. The standard InChI is InChI=1S/C23H21BrFN5O4/c24-17-6-5-14(25)11-16(17)23(34)30-9-7-29(8-10-30)21(32)13-26-22(33)19-12-18(27-28-19)15-3-1-2-4-20(15)31/h1-6,11-12,31H,7-10,13H2,(H,26,33)(H,27,28). The maximum Gasteiger partial charge on any atom is 0.272 e. The smallest absolute Gasteiger partial charge is 0.272 e. The van der Waals surface area contributed by atoms with Crippen LogP contribution in [0.15, 0.2) is 53.0 Å². The highest BCUT2D eigenvalue weighted by molar-refractivity contribution is 9.10. The van der Waals surface area contributed by atoms with Crippen molar-refractivity contribution in [2.45, 2.75) is 0 Å². The molecule has 0 aliphatic carbocycles. The molecule has 9 nitrogen and oxygen atoms in total. The number of para-hydroxylation sites is 1. The number of halogens is 2. The highest BCUT2D eigenvalue weighted by Crippen LogP contribution is 2.27. The Morgan fingerprint density at radius 2 is 1.76 bits per heavy atom. The topological polar surface area (TPSA) is 119 Å². The number of amides is 3. The van der Waals surface area contributed by atoms with Gasteiger partial charge in [-0.25, -0.2) is 4.39 Å². The molecule has 1 aliphatic heterocycles. The van der Waals surface area contributed by atoms with Crippen molar-refractivity contribution in [3.05, 3.63) is 70.1 Å². The summed E-state index contributed by atoms with van der Waals surface area (Å²) in [6.45, 7) is 0.969. The summed E-state index contributed by atoms with van der Waals surface area (Å²) in [6.07, 6.45) is 0. The highest BCUT2D eigenvalue weighted by atomic mass is 79.9. The Morgan fingerprint density at radius 1 is 1.06 bits per heavy atom. The van der Waals surface area contributed by atoms with Crippen LogP contribution in [0.4, 0.5) is 4.39 Å². The van der Waals surface area contributed by atoms with Crippen molar-refractivity contribution in [1.82, 2.24) is 25.3 Å². The van der Waals surface area contributed by atoms with Crippen LogP contribution in [0.2, 0.25) is 0 Å². The minimum Gasteiger partial charge on any atom is -0.507 e. The molecular formula is C23H21BrFN5O4. The van der Waals surface area contributed by atoms with Crippen molar-refractivity contribution in [3.63, 3.8) is 0 Å². The molecule has 3 amide bonds. The fourth-order valence-electron chi connectivity index (χ4n) is 3.63. The molecule has 1 saturated heterocycles. The number of aromatic amines is 1. The van der Waals surface area contributed by atoms with Crippen LogP contribution < -0.4 is 5.32 Å². The Labute approximate surface area is 202 Å². The van der Waals surface area contributed by atoms with Gasteiger partial charge in [0.15, 0.2) is 5.69 Å². The highest BCUT2D eigenvalue weighted by Gasteiger charge is 2.26. The first-order chi connectivity index (χ1) is 16.3. The zero-order valence-corrected chi connectivity index (χ0v) is 19.5. The second-order valence-corrected chi connectivity index (χ2v) is 8.52. The quantitative estimate of drug-likeness (QED) is 0.469. The molecule has 4 rings (SSSR count). The molecule has 0 spiro atoms. The van der Waals surface area contributed by atoms with E-state index in [4.69, 9.17) is 0 Å². The van der Waals surface area contributed by atoms with E-state index in [0.29, 0.717) is 41.9 Å². The maximum atomic E-state index is 13.5. The number of carbonyl (C=O) groups is 3. The predicted molar refractivity (Wildman–Crippen MR) is 125 cm³/mol. The van der Waals surface area contributed by atoms with E-state index in [-0.39, 0.29) is 35.4 Å². The summed E-state index contributed by atoms with van der Waals surface area (Å²) < 4.78 is 14.0. The number of rotatable bonds is 5. The Kier molecular flexibility index (Phi) is 6.92. The van der Waals surface area contributed by atoms with Gasteiger partial charge in [0.05, 0.1) is 17.8 Å². The van der Waals surface area contributed by atoms with E-state index in [2.05, 4.69) is 31.4 Å². The SMILES string of the molecule is O=C(NCC(=O)N1CCN(C(=O)c2cc(F)ccc2Br)CC1)c1cc(-c2ccccc2O)[nH]n1. The van der Waals surface area contributed by atoms with Crippen molar-refractivity contribution in [3.8, 4) is 17.0 Å². The number of nitrogens with zero attached hydrogens (tertiary/aromatic N) is 3. The van der Waals surface area contributed by atoms with E-state index in [1.54, 1.807) is 28.0 Å². The van der Waals surface area contributed by atoms with Gasteiger partial charge < -0.3 is 20.2 Å². The predicted octanol–water partition coefficient (Wildman–Crippen LogP) is 2.40. The number of phenolic OH excluding ortho intramolecular Hbond substituents is 1. The van der Waals surface area contributed by atoms with Gasteiger partial charge in [-0.1, -0.05) is 12.1 Å². The summed E-state index contributed by atoms with van der Waals surface area (Å²) in [5.41, 5.74) is 1.29. The van der Waals surface area contributed by atoms with E-state index in [1.165, 1.54) is 30.3 Å². The third-order valence-corrected chi connectivity index (χ3v) is 6.17. The minimum absolute atomic E-state index is 0.0515. The van der Waals surface area contributed by atoms with Crippen molar-refractivity contribution < 1.29 is 23.9 Å². The van der Waals surface area contributed by atoms with Crippen molar-refractivity contribution in [1.29, 1.82) is 0 Å². The third-order valence-electron chi connectivity index (χ3n) is 5.48. The van der Waals surface area contributed by atoms with Gasteiger partial charge in [-0.05, 0) is 52.3 Å². The van der Waals surface area contributed by atoms with Gasteiger partial charge in [0.25, 0.3) is 11.8 Å². The molecule has 0 radical (unpaired) electrons. The average Bonchev–Trinajstić information content (AvgIpc) is 3.34. The molecule has 3 N–H and O–H groups in total. The Balaban J connectivity index is 1.28. The number of nitrogens with one attached hydrogen (secondary N) is 2. The molecule has 11 heteroatoms. The Bertz CT molecular complexity index is 1240. The maximum absolute atomic E-state index is 13.5. The van der Waals surface area contributed by atoms with Gasteiger partial charge in [-0.15, -0.1) is 0 Å². The molecule has 1 fully saturated rings. The first kappa shape index (κ1) is 23.4. The molecule has 2 aromatic carbocycles. The van der Waals surface area contributed by atoms with Crippen LogP contribution in [-0.2, 0) is 4.79 Å². The van der Waals surface area contributed by atoms with Crippen LogP contribution >= 0.6 is 15.9 Å². The number of carbonyl (C=O) groups excluding carboxylic acids is 3. The van der Waals surface area contributed by atoms with Gasteiger partial charge in [-0.2, -0.15) is 5.10 Å². The van der Waals surface area contributed by atoms with Crippen molar-refractivity contribution in [2.24, 2.45) is 0 Å². The molecule has 0 unspecified atom stereocenters. The second kappa shape index (κ2) is 10.0. The molecule has 2 heterocycles. The van der Waals surface area contributed by atoms with E-state index in [1.807, 2.05) is 0 Å². The van der Waals surface area contributed by atoms with Gasteiger partial charge in [0.1, 0.15) is 11.6 Å². The first-order valence-electron chi connectivity index (χ1n) is 10.5. The van der Waals surface area contributed by atoms with Gasteiger partial charge >= 0.3 is 0 Å². The number of piperazine rings is 1. The summed E-state index contributed by atoms with van der Waals surface area (Å²) in [5.74, 6) is -1.58. The fourth-order valence-corrected chi connectivity index (χ4v) is 4.04. The van der Waals surface area contributed by atoms with Crippen LogP contribution in [0.3, 0.4) is 0 Å². The molecule has 0 atom stereocenters. The lowest BCUT2D eigenvalue weighted by Crippen LogP contribution is -2.52. The third kappa shape index (κ3) is 5.09. The molecular weight excluding hydrogens is 509 g/mol. The van der Waals surface area contributed by atoms with Crippen LogP contribution in [0, 0.1) is 5.82 Å². The van der Waals surface area contributed by atoms with E-state index >= 15 is 0 Å². The second-order valence-electron chi connectivity index (χ2n) is 7.66. The zero-order valence-electron chi connectivity index (χ0n) is 17.9. The number of aromatic hydroxyl groups is 1. The number of hydrogen-bond donors (Lipinski definition) is 3. The summed E-state index contributed by atoms with van der Waals surface area (Å²) in [6, 6.07) is 12.1. The molecule has 3 aromatic rings. The lowest BCUT2D eigenvalue weighted by atomic mass is 10.1. The number of hydrogen-bond acceptors (Lipinski definition) is 5. The van der Waals surface area contributed by atoms with Crippen LogP contribution in [-0.4, -0.2) is 75.5 Å². The number of H-pyrrole nitrogens is 1. The zero-order chi connectivity index (χ0) is 24.2. The summed E-state index contributed by atoms with van der Waals surface area (Å²) in [5, 5.41) is 19.1. The van der Waals surface area contributed by atoms with Gasteiger partial charge in [0, 0.05) is 36.2 Å². The van der Waals surface area contributed by atoms with E-state index < -0.39 is 11.7 Å².